The number of aromatic nitrogens is 1. The molecule has 138 valence electrons. The SMILES string of the molecule is CC(=O)NCc1ccc(-c2csc(NC(=O)CCN3CCSC3=O)n2)o1. The summed E-state index contributed by atoms with van der Waals surface area (Å²) in [5.74, 6) is 1.67. The number of thioether (sulfide) groups is 1. The molecule has 0 atom stereocenters. The summed E-state index contributed by atoms with van der Waals surface area (Å²) in [5, 5.41) is 7.70. The normalized spacial score (nSPS) is 13.9. The van der Waals surface area contributed by atoms with Crippen molar-refractivity contribution < 1.29 is 18.8 Å². The van der Waals surface area contributed by atoms with Gasteiger partial charge >= 0.3 is 0 Å². The largest absolute Gasteiger partial charge is 0.458 e. The van der Waals surface area contributed by atoms with E-state index in [0.29, 0.717) is 42.0 Å². The molecular formula is C16H18N4O4S2. The topological polar surface area (TPSA) is 105 Å². The second-order valence-electron chi connectivity index (χ2n) is 5.61. The van der Waals surface area contributed by atoms with Crippen molar-refractivity contribution in [3.05, 3.63) is 23.3 Å². The summed E-state index contributed by atoms with van der Waals surface area (Å²) in [4.78, 5) is 40.5. The lowest BCUT2D eigenvalue weighted by atomic mass is 10.3. The van der Waals surface area contributed by atoms with E-state index in [-0.39, 0.29) is 23.5 Å². The number of hydrogen-bond donors (Lipinski definition) is 2. The predicted octanol–water partition coefficient (Wildman–Crippen LogP) is 2.54. The number of carbonyl (C=O) groups excluding carboxylic acids is 3. The number of rotatable bonds is 7. The van der Waals surface area contributed by atoms with Crippen molar-refractivity contribution in [2.45, 2.75) is 19.9 Å². The summed E-state index contributed by atoms with van der Waals surface area (Å²) >= 11 is 2.58. The molecule has 0 saturated carbocycles. The summed E-state index contributed by atoms with van der Waals surface area (Å²) in [5.41, 5.74) is 0.616. The lowest BCUT2D eigenvalue weighted by Crippen LogP contribution is -2.27. The predicted molar refractivity (Wildman–Crippen MR) is 100 cm³/mol. The first-order valence-corrected chi connectivity index (χ1v) is 9.88. The van der Waals surface area contributed by atoms with Crippen molar-refractivity contribution in [1.82, 2.24) is 15.2 Å². The zero-order valence-electron chi connectivity index (χ0n) is 14.1. The number of furan rings is 1. The highest BCUT2D eigenvalue weighted by Crippen LogP contribution is 2.26. The van der Waals surface area contributed by atoms with Crippen LogP contribution in [0.15, 0.2) is 21.9 Å². The summed E-state index contributed by atoms with van der Waals surface area (Å²) in [7, 11) is 0. The van der Waals surface area contributed by atoms with Crippen LogP contribution in [0.5, 0.6) is 0 Å². The van der Waals surface area contributed by atoms with Crippen LogP contribution in [0.1, 0.15) is 19.1 Å². The molecule has 1 fully saturated rings. The zero-order chi connectivity index (χ0) is 18.5. The second-order valence-corrected chi connectivity index (χ2v) is 7.52. The van der Waals surface area contributed by atoms with E-state index in [1.165, 1.54) is 30.0 Å². The first kappa shape index (κ1) is 18.5. The fourth-order valence-corrected chi connectivity index (χ4v) is 3.88. The van der Waals surface area contributed by atoms with E-state index < -0.39 is 0 Å². The van der Waals surface area contributed by atoms with Crippen molar-refractivity contribution in [2.24, 2.45) is 0 Å². The molecule has 3 rings (SSSR count). The first-order chi connectivity index (χ1) is 12.5. The molecule has 0 radical (unpaired) electrons. The summed E-state index contributed by atoms with van der Waals surface area (Å²) in [6, 6.07) is 3.54. The highest BCUT2D eigenvalue weighted by atomic mass is 32.2. The number of hydrogen-bond acceptors (Lipinski definition) is 7. The van der Waals surface area contributed by atoms with E-state index in [0.717, 1.165) is 5.75 Å². The third-order valence-corrected chi connectivity index (χ3v) is 5.28. The van der Waals surface area contributed by atoms with Gasteiger partial charge in [0.25, 0.3) is 5.24 Å². The van der Waals surface area contributed by atoms with Crippen LogP contribution >= 0.6 is 23.1 Å². The molecular weight excluding hydrogens is 376 g/mol. The van der Waals surface area contributed by atoms with Gasteiger partial charge in [-0.2, -0.15) is 0 Å². The molecule has 0 spiro atoms. The van der Waals surface area contributed by atoms with Gasteiger partial charge in [-0.25, -0.2) is 4.98 Å². The number of amides is 3. The van der Waals surface area contributed by atoms with Gasteiger partial charge in [0.05, 0.1) is 6.54 Å². The van der Waals surface area contributed by atoms with Gasteiger partial charge in [-0.1, -0.05) is 11.8 Å². The summed E-state index contributed by atoms with van der Waals surface area (Å²) < 4.78 is 5.64. The molecule has 1 aliphatic rings. The third-order valence-electron chi connectivity index (χ3n) is 3.63. The minimum absolute atomic E-state index is 0.0298. The maximum absolute atomic E-state index is 12.0. The Morgan fingerprint density at radius 2 is 2.23 bits per heavy atom. The molecule has 2 N–H and O–H groups in total. The Kier molecular flexibility index (Phi) is 5.94. The van der Waals surface area contributed by atoms with E-state index in [1.807, 2.05) is 0 Å². The summed E-state index contributed by atoms with van der Waals surface area (Å²) in [6.07, 6.45) is 0.239. The van der Waals surface area contributed by atoms with Gasteiger partial charge in [-0.05, 0) is 12.1 Å². The van der Waals surface area contributed by atoms with Crippen LogP contribution in [-0.2, 0) is 16.1 Å². The second kappa shape index (κ2) is 8.37. The van der Waals surface area contributed by atoms with Gasteiger partial charge in [0.1, 0.15) is 11.5 Å². The van der Waals surface area contributed by atoms with Gasteiger partial charge in [0.15, 0.2) is 10.9 Å². The quantitative estimate of drug-likeness (QED) is 0.748. The monoisotopic (exact) mass is 394 g/mol. The Labute approximate surface area is 158 Å². The van der Waals surface area contributed by atoms with E-state index in [2.05, 4.69) is 15.6 Å². The maximum Gasteiger partial charge on any atom is 0.281 e. The average Bonchev–Trinajstić information content (AvgIpc) is 3.32. The van der Waals surface area contributed by atoms with Crippen LogP contribution in [0.4, 0.5) is 9.93 Å². The average molecular weight is 394 g/mol. The molecule has 2 aromatic heterocycles. The van der Waals surface area contributed by atoms with Crippen molar-refractivity contribution >= 4 is 45.3 Å². The highest BCUT2D eigenvalue weighted by molar-refractivity contribution is 8.13. The van der Waals surface area contributed by atoms with E-state index in [9.17, 15) is 14.4 Å². The molecule has 0 unspecified atom stereocenters. The Hall–Kier alpha value is -2.33. The maximum atomic E-state index is 12.0. The molecule has 10 heteroatoms. The van der Waals surface area contributed by atoms with Crippen LogP contribution in [0.3, 0.4) is 0 Å². The molecule has 1 saturated heterocycles. The first-order valence-electron chi connectivity index (χ1n) is 8.02. The molecule has 0 aromatic carbocycles. The lowest BCUT2D eigenvalue weighted by Gasteiger charge is -2.13. The number of nitrogens with one attached hydrogen (secondary N) is 2. The Bertz CT molecular complexity index is 817. The van der Waals surface area contributed by atoms with Crippen LogP contribution in [-0.4, -0.2) is 45.8 Å². The minimum Gasteiger partial charge on any atom is -0.458 e. The van der Waals surface area contributed by atoms with E-state index >= 15 is 0 Å². The van der Waals surface area contributed by atoms with E-state index in [1.54, 1.807) is 22.4 Å². The Balaban J connectivity index is 1.51. The van der Waals surface area contributed by atoms with Crippen LogP contribution < -0.4 is 10.6 Å². The zero-order valence-corrected chi connectivity index (χ0v) is 15.7. The van der Waals surface area contributed by atoms with Crippen LogP contribution in [0.25, 0.3) is 11.5 Å². The standard InChI is InChI=1S/C16H18N4O4S2/c1-10(21)17-8-11-2-3-13(24-11)12-9-26-15(18-12)19-14(22)4-5-20-6-7-25-16(20)23/h2-3,9H,4-8H2,1H3,(H,17,21)(H,18,19,22). The van der Waals surface area contributed by atoms with Crippen molar-refractivity contribution in [3.8, 4) is 11.5 Å². The minimum atomic E-state index is -0.179. The molecule has 0 aliphatic carbocycles. The lowest BCUT2D eigenvalue weighted by molar-refractivity contribution is -0.119. The molecule has 26 heavy (non-hydrogen) atoms. The molecule has 3 amide bonds. The molecule has 2 aromatic rings. The molecule has 3 heterocycles. The fraction of sp³-hybridized carbons (Fsp3) is 0.375. The van der Waals surface area contributed by atoms with Crippen LogP contribution in [0.2, 0.25) is 0 Å². The van der Waals surface area contributed by atoms with Crippen molar-refractivity contribution in [3.63, 3.8) is 0 Å². The van der Waals surface area contributed by atoms with Gasteiger partial charge in [0.2, 0.25) is 11.8 Å². The number of anilines is 1. The van der Waals surface area contributed by atoms with Crippen molar-refractivity contribution in [1.29, 1.82) is 0 Å². The van der Waals surface area contributed by atoms with E-state index in [4.69, 9.17) is 4.42 Å². The van der Waals surface area contributed by atoms with Gasteiger partial charge < -0.3 is 20.0 Å². The van der Waals surface area contributed by atoms with Crippen molar-refractivity contribution in [2.75, 3.05) is 24.2 Å². The smallest absolute Gasteiger partial charge is 0.281 e. The van der Waals surface area contributed by atoms with Gasteiger partial charge in [0, 0.05) is 37.6 Å². The number of thiazole rings is 1. The fourth-order valence-electron chi connectivity index (χ4n) is 2.31. The van der Waals surface area contributed by atoms with Gasteiger partial charge in [-0.15, -0.1) is 11.3 Å². The Morgan fingerprint density at radius 1 is 1.38 bits per heavy atom. The summed E-state index contributed by atoms with van der Waals surface area (Å²) in [6.45, 7) is 2.87. The van der Waals surface area contributed by atoms with Crippen LogP contribution in [0, 0.1) is 0 Å². The van der Waals surface area contributed by atoms with Gasteiger partial charge in [-0.3, -0.25) is 14.4 Å². The molecule has 1 aliphatic heterocycles. The number of carbonyl (C=O) groups is 3. The number of nitrogens with zero attached hydrogens (tertiary/aromatic N) is 2. The molecule has 0 bridgehead atoms. The Morgan fingerprint density at radius 3 is 2.96 bits per heavy atom. The molecule has 8 nitrogen and oxygen atoms in total. The highest BCUT2D eigenvalue weighted by Gasteiger charge is 2.21. The third kappa shape index (κ3) is 4.85.